The van der Waals surface area contributed by atoms with Gasteiger partial charge in [-0.2, -0.15) is 0 Å². The maximum atomic E-state index is 9.97. The van der Waals surface area contributed by atoms with E-state index in [1.165, 1.54) is 6.42 Å². The highest BCUT2D eigenvalue weighted by molar-refractivity contribution is 4.87. The molecule has 0 spiro atoms. The molecule has 6 unspecified atom stereocenters. The molecule has 1 aliphatic heterocycles. The number of unbranched alkanes of at least 4 members (excludes halogenated alkanes) is 4. The largest absolute Gasteiger partial charge is 0.388 e. The Labute approximate surface area is 137 Å². The molecular weight excluding hydrogens is 304 g/mol. The molecule has 7 nitrogen and oxygen atoms in total. The van der Waals surface area contributed by atoms with E-state index < -0.39 is 43.1 Å². The van der Waals surface area contributed by atoms with Crippen molar-refractivity contribution in [2.75, 3.05) is 0 Å². The molecule has 0 aromatic carbocycles. The van der Waals surface area contributed by atoms with Crippen LogP contribution in [0.3, 0.4) is 0 Å². The van der Waals surface area contributed by atoms with E-state index in [-0.39, 0.29) is 6.42 Å². The maximum Gasteiger partial charge on any atom is 0.186 e. The Morgan fingerprint density at radius 2 is 1.61 bits per heavy atom. The standard InChI is InChI=1S/C16H32O7/c1-3-4-5-6-7-8-11(9-12(17)18)23-16-15(21)14(20)13(19)10(2)22-16/h10-21H,3-9H2,1-2H3. The van der Waals surface area contributed by atoms with Crippen LogP contribution in [0.5, 0.6) is 0 Å². The Morgan fingerprint density at radius 1 is 0.957 bits per heavy atom. The van der Waals surface area contributed by atoms with Gasteiger partial charge in [0, 0.05) is 6.42 Å². The lowest BCUT2D eigenvalue weighted by atomic mass is 9.99. The third-order valence-corrected chi connectivity index (χ3v) is 4.24. The number of hydrogen-bond donors (Lipinski definition) is 5. The summed E-state index contributed by atoms with van der Waals surface area (Å²) >= 11 is 0. The third kappa shape index (κ3) is 7.01. The van der Waals surface area contributed by atoms with Gasteiger partial charge in [-0.1, -0.05) is 39.0 Å². The van der Waals surface area contributed by atoms with Crippen molar-refractivity contribution >= 4 is 0 Å². The van der Waals surface area contributed by atoms with Gasteiger partial charge in [0.1, 0.15) is 18.3 Å². The SMILES string of the molecule is CCCCCCCC(CC(O)O)OC1OC(C)C(O)C(O)C1O. The normalized spacial score (nSPS) is 33.1. The second-order valence-electron chi connectivity index (χ2n) is 6.36. The minimum atomic E-state index is -1.51. The number of hydrogen-bond acceptors (Lipinski definition) is 7. The third-order valence-electron chi connectivity index (χ3n) is 4.24. The number of ether oxygens (including phenoxy) is 2. The van der Waals surface area contributed by atoms with E-state index in [0.717, 1.165) is 25.7 Å². The summed E-state index contributed by atoms with van der Waals surface area (Å²) in [6, 6.07) is 0. The molecule has 0 amide bonds. The van der Waals surface area contributed by atoms with Crippen LogP contribution in [0.1, 0.15) is 58.8 Å². The second-order valence-corrected chi connectivity index (χ2v) is 6.36. The smallest absolute Gasteiger partial charge is 0.186 e. The first kappa shape index (κ1) is 20.8. The Bertz CT molecular complexity index is 313. The fourth-order valence-corrected chi connectivity index (χ4v) is 2.77. The van der Waals surface area contributed by atoms with Crippen molar-refractivity contribution in [3.8, 4) is 0 Å². The lowest BCUT2D eigenvalue weighted by molar-refractivity contribution is -0.307. The van der Waals surface area contributed by atoms with Gasteiger partial charge in [-0.05, 0) is 13.3 Å². The summed E-state index contributed by atoms with van der Waals surface area (Å²) in [6.07, 6.45) is -1.73. The minimum Gasteiger partial charge on any atom is -0.388 e. The van der Waals surface area contributed by atoms with E-state index in [1.54, 1.807) is 6.92 Å². The summed E-state index contributed by atoms with van der Waals surface area (Å²) in [5, 5.41) is 47.8. The van der Waals surface area contributed by atoms with Crippen LogP contribution in [-0.2, 0) is 9.47 Å². The molecule has 1 heterocycles. The van der Waals surface area contributed by atoms with E-state index in [2.05, 4.69) is 6.92 Å². The van der Waals surface area contributed by atoms with E-state index in [0.29, 0.717) is 6.42 Å². The molecule has 7 heteroatoms. The predicted molar refractivity (Wildman–Crippen MR) is 83.4 cm³/mol. The molecule has 5 N–H and O–H groups in total. The second kappa shape index (κ2) is 10.6. The van der Waals surface area contributed by atoms with Gasteiger partial charge in [-0.25, -0.2) is 0 Å². The summed E-state index contributed by atoms with van der Waals surface area (Å²) in [5.41, 5.74) is 0. The number of rotatable bonds is 10. The van der Waals surface area contributed by atoms with Crippen LogP contribution in [0.15, 0.2) is 0 Å². The minimum absolute atomic E-state index is 0.00733. The predicted octanol–water partition coefficient (Wildman–Crippen LogP) is 0.260. The van der Waals surface area contributed by atoms with Crippen molar-refractivity contribution in [2.24, 2.45) is 0 Å². The molecule has 138 valence electrons. The van der Waals surface area contributed by atoms with Gasteiger partial charge in [0.15, 0.2) is 12.6 Å². The molecule has 0 radical (unpaired) electrons. The highest BCUT2D eigenvalue weighted by Crippen LogP contribution is 2.25. The van der Waals surface area contributed by atoms with Crippen LogP contribution >= 0.6 is 0 Å². The summed E-state index contributed by atoms with van der Waals surface area (Å²) < 4.78 is 11.0. The van der Waals surface area contributed by atoms with Crippen LogP contribution < -0.4 is 0 Å². The molecule has 0 aliphatic carbocycles. The van der Waals surface area contributed by atoms with Crippen molar-refractivity contribution in [2.45, 2.75) is 102 Å². The molecule has 1 saturated heterocycles. The Kier molecular flexibility index (Phi) is 9.53. The van der Waals surface area contributed by atoms with E-state index in [9.17, 15) is 25.5 Å². The summed E-state index contributed by atoms with van der Waals surface area (Å²) in [6.45, 7) is 3.72. The van der Waals surface area contributed by atoms with Gasteiger partial charge in [-0.3, -0.25) is 0 Å². The van der Waals surface area contributed by atoms with Crippen LogP contribution in [0.25, 0.3) is 0 Å². The zero-order valence-electron chi connectivity index (χ0n) is 14.0. The van der Waals surface area contributed by atoms with Crippen LogP contribution in [0, 0.1) is 0 Å². The average Bonchev–Trinajstić information content (AvgIpc) is 2.49. The van der Waals surface area contributed by atoms with E-state index in [1.807, 2.05) is 0 Å². The lowest BCUT2D eigenvalue weighted by Crippen LogP contribution is -2.58. The van der Waals surface area contributed by atoms with Gasteiger partial charge in [0.05, 0.1) is 12.2 Å². The summed E-state index contributed by atoms with van der Waals surface area (Å²) in [7, 11) is 0. The molecule has 23 heavy (non-hydrogen) atoms. The van der Waals surface area contributed by atoms with Crippen LogP contribution in [0.2, 0.25) is 0 Å². The van der Waals surface area contributed by atoms with Crippen molar-refractivity contribution in [1.82, 2.24) is 0 Å². The van der Waals surface area contributed by atoms with Crippen molar-refractivity contribution in [3.05, 3.63) is 0 Å². The van der Waals surface area contributed by atoms with Gasteiger partial charge in [0.25, 0.3) is 0 Å². The highest BCUT2D eigenvalue weighted by atomic mass is 16.7. The van der Waals surface area contributed by atoms with Crippen molar-refractivity contribution in [3.63, 3.8) is 0 Å². The summed E-state index contributed by atoms with van der Waals surface area (Å²) in [4.78, 5) is 0. The Morgan fingerprint density at radius 3 is 2.22 bits per heavy atom. The van der Waals surface area contributed by atoms with Gasteiger partial charge in [-0.15, -0.1) is 0 Å². The number of aliphatic hydroxyl groups is 5. The number of aliphatic hydroxyl groups excluding tert-OH is 4. The van der Waals surface area contributed by atoms with Gasteiger partial charge < -0.3 is 35.0 Å². The Hall–Kier alpha value is -0.280. The molecule has 1 aliphatic rings. The van der Waals surface area contributed by atoms with Gasteiger partial charge in [0.2, 0.25) is 0 Å². The fourth-order valence-electron chi connectivity index (χ4n) is 2.77. The first-order valence-electron chi connectivity index (χ1n) is 8.58. The molecule has 6 atom stereocenters. The van der Waals surface area contributed by atoms with Gasteiger partial charge >= 0.3 is 0 Å². The molecule has 1 rings (SSSR count). The zero-order chi connectivity index (χ0) is 17.4. The maximum absolute atomic E-state index is 9.97. The molecular formula is C16H32O7. The zero-order valence-corrected chi connectivity index (χ0v) is 14.0. The molecule has 0 aromatic heterocycles. The van der Waals surface area contributed by atoms with Crippen molar-refractivity contribution in [1.29, 1.82) is 0 Å². The average molecular weight is 336 g/mol. The lowest BCUT2D eigenvalue weighted by Gasteiger charge is -2.40. The van der Waals surface area contributed by atoms with Crippen LogP contribution in [-0.4, -0.2) is 68.6 Å². The van der Waals surface area contributed by atoms with Crippen LogP contribution in [0.4, 0.5) is 0 Å². The molecule has 1 fully saturated rings. The van der Waals surface area contributed by atoms with E-state index in [4.69, 9.17) is 9.47 Å². The first-order valence-corrected chi connectivity index (χ1v) is 8.58. The molecule has 0 saturated carbocycles. The quantitative estimate of drug-likeness (QED) is 0.287. The van der Waals surface area contributed by atoms with Crippen molar-refractivity contribution < 1.29 is 35.0 Å². The first-order chi connectivity index (χ1) is 10.9. The topological polar surface area (TPSA) is 120 Å². The Balaban J connectivity index is 2.51. The van der Waals surface area contributed by atoms with E-state index >= 15 is 0 Å². The summed E-state index contributed by atoms with van der Waals surface area (Å²) in [5.74, 6) is 0. The monoisotopic (exact) mass is 336 g/mol. The fraction of sp³-hybridized carbons (Fsp3) is 1.00. The highest BCUT2D eigenvalue weighted by Gasteiger charge is 2.43. The molecule has 0 bridgehead atoms. The molecule has 0 aromatic rings.